The Labute approximate surface area is 137 Å². The Morgan fingerprint density at radius 2 is 1.96 bits per heavy atom. The van der Waals surface area contributed by atoms with Gasteiger partial charge in [-0.25, -0.2) is 4.39 Å². The molecule has 0 atom stereocenters. The zero-order valence-electron chi connectivity index (χ0n) is 12.2. The minimum absolute atomic E-state index is 0.309. The van der Waals surface area contributed by atoms with E-state index in [4.69, 9.17) is 11.6 Å². The lowest BCUT2D eigenvalue weighted by Gasteiger charge is -2.08. The van der Waals surface area contributed by atoms with Crippen LogP contribution in [0.25, 0.3) is 11.3 Å². The molecule has 6 heteroatoms. The maximum Gasteiger partial charge on any atom is 0.273 e. The monoisotopic (exact) mass is 329 g/mol. The second-order valence-corrected chi connectivity index (χ2v) is 5.45. The number of H-pyrrole nitrogens is 1. The molecule has 3 rings (SSSR count). The molecule has 23 heavy (non-hydrogen) atoms. The van der Waals surface area contributed by atoms with E-state index in [9.17, 15) is 9.18 Å². The number of aromatic nitrogens is 2. The van der Waals surface area contributed by atoms with Crippen molar-refractivity contribution < 1.29 is 9.18 Å². The van der Waals surface area contributed by atoms with Crippen LogP contribution < -0.4 is 5.32 Å². The summed E-state index contributed by atoms with van der Waals surface area (Å²) in [4.78, 5) is 12.3. The third-order valence-electron chi connectivity index (χ3n) is 3.48. The van der Waals surface area contributed by atoms with Gasteiger partial charge in [-0.05, 0) is 55.0 Å². The second kappa shape index (κ2) is 6.22. The molecule has 1 amide bonds. The van der Waals surface area contributed by atoms with E-state index in [1.807, 2.05) is 6.92 Å². The number of aromatic amines is 1. The van der Waals surface area contributed by atoms with Gasteiger partial charge >= 0.3 is 0 Å². The molecule has 2 N–H and O–H groups in total. The first-order chi connectivity index (χ1) is 11.0. The molecule has 4 nitrogen and oxygen atoms in total. The fourth-order valence-corrected chi connectivity index (χ4v) is 2.31. The Bertz CT molecular complexity index is 859. The number of halogens is 2. The highest BCUT2D eigenvalue weighted by molar-refractivity contribution is 6.31. The highest BCUT2D eigenvalue weighted by Gasteiger charge is 2.13. The SMILES string of the molecule is Cc1c(Cl)cccc1NC(=O)c1cc(-c2ccc(F)cc2)n[nH]1. The number of hydrogen-bond acceptors (Lipinski definition) is 2. The molecule has 0 fully saturated rings. The molecule has 2 aromatic carbocycles. The molecule has 0 spiro atoms. The van der Waals surface area contributed by atoms with Crippen LogP contribution in [0, 0.1) is 12.7 Å². The largest absolute Gasteiger partial charge is 0.320 e. The quantitative estimate of drug-likeness (QED) is 0.746. The first-order valence-electron chi connectivity index (χ1n) is 6.92. The van der Waals surface area contributed by atoms with Crippen LogP contribution in [-0.4, -0.2) is 16.1 Å². The van der Waals surface area contributed by atoms with Crippen molar-refractivity contribution in [1.29, 1.82) is 0 Å². The van der Waals surface area contributed by atoms with Crippen molar-refractivity contribution in [2.45, 2.75) is 6.92 Å². The minimum Gasteiger partial charge on any atom is -0.320 e. The van der Waals surface area contributed by atoms with Crippen LogP contribution in [0.5, 0.6) is 0 Å². The van der Waals surface area contributed by atoms with Crippen LogP contribution >= 0.6 is 11.6 Å². The molecule has 3 aromatic rings. The van der Waals surface area contributed by atoms with Gasteiger partial charge in [-0.1, -0.05) is 17.7 Å². The van der Waals surface area contributed by atoms with Crippen LogP contribution in [0.2, 0.25) is 5.02 Å². The first-order valence-corrected chi connectivity index (χ1v) is 7.30. The summed E-state index contributed by atoms with van der Waals surface area (Å²) in [5, 5.41) is 10.1. The Morgan fingerprint density at radius 3 is 2.70 bits per heavy atom. The van der Waals surface area contributed by atoms with E-state index in [0.717, 1.165) is 11.1 Å². The summed E-state index contributed by atoms with van der Waals surface area (Å²) in [6, 6.07) is 12.8. The van der Waals surface area contributed by atoms with Gasteiger partial charge in [0.25, 0.3) is 5.91 Å². The Balaban J connectivity index is 1.81. The summed E-state index contributed by atoms with van der Waals surface area (Å²) >= 11 is 6.04. The Morgan fingerprint density at radius 1 is 1.22 bits per heavy atom. The van der Waals surface area contributed by atoms with E-state index in [1.54, 1.807) is 36.4 Å². The summed E-state index contributed by atoms with van der Waals surface area (Å²) < 4.78 is 12.9. The fourth-order valence-electron chi connectivity index (χ4n) is 2.14. The van der Waals surface area contributed by atoms with E-state index in [2.05, 4.69) is 15.5 Å². The molecule has 0 saturated carbocycles. The van der Waals surface area contributed by atoms with Gasteiger partial charge in [0, 0.05) is 16.3 Å². The van der Waals surface area contributed by atoms with Crippen LogP contribution in [0.4, 0.5) is 10.1 Å². The molecule has 0 saturated heterocycles. The topological polar surface area (TPSA) is 57.8 Å². The smallest absolute Gasteiger partial charge is 0.273 e. The third kappa shape index (κ3) is 3.24. The van der Waals surface area contributed by atoms with E-state index in [0.29, 0.717) is 22.1 Å². The van der Waals surface area contributed by atoms with Gasteiger partial charge in [-0.2, -0.15) is 5.10 Å². The Kier molecular flexibility index (Phi) is 4.12. The first kappa shape index (κ1) is 15.2. The van der Waals surface area contributed by atoms with E-state index in [1.165, 1.54) is 12.1 Å². The summed E-state index contributed by atoms with van der Waals surface area (Å²) in [6.45, 7) is 1.83. The number of hydrogen-bond donors (Lipinski definition) is 2. The molecular formula is C17H13ClFN3O. The zero-order chi connectivity index (χ0) is 16.4. The predicted molar refractivity (Wildman–Crippen MR) is 88.1 cm³/mol. The Hall–Kier alpha value is -2.66. The van der Waals surface area contributed by atoms with Crippen molar-refractivity contribution in [2.24, 2.45) is 0 Å². The average molecular weight is 330 g/mol. The summed E-state index contributed by atoms with van der Waals surface area (Å²) in [5.41, 5.74) is 3.03. The lowest BCUT2D eigenvalue weighted by molar-refractivity contribution is 0.102. The van der Waals surface area contributed by atoms with Crippen LogP contribution in [-0.2, 0) is 0 Å². The summed E-state index contributed by atoms with van der Waals surface area (Å²) in [5.74, 6) is -0.644. The van der Waals surface area contributed by atoms with Gasteiger partial charge in [-0.15, -0.1) is 0 Å². The minimum atomic E-state index is -0.323. The third-order valence-corrected chi connectivity index (χ3v) is 3.89. The van der Waals surface area contributed by atoms with Crippen LogP contribution in [0.15, 0.2) is 48.5 Å². The summed E-state index contributed by atoms with van der Waals surface area (Å²) in [6.07, 6.45) is 0. The normalized spacial score (nSPS) is 10.6. The van der Waals surface area contributed by atoms with Gasteiger partial charge in [0.1, 0.15) is 11.5 Å². The van der Waals surface area contributed by atoms with Crippen LogP contribution in [0.1, 0.15) is 16.1 Å². The highest BCUT2D eigenvalue weighted by atomic mass is 35.5. The highest BCUT2D eigenvalue weighted by Crippen LogP contribution is 2.24. The van der Waals surface area contributed by atoms with E-state index >= 15 is 0 Å². The van der Waals surface area contributed by atoms with Crippen molar-refractivity contribution in [1.82, 2.24) is 10.2 Å². The summed E-state index contributed by atoms with van der Waals surface area (Å²) in [7, 11) is 0. The standard InChI is InChI=1S/C17H13ClFN3O/c1-10-13(18)3-2-4-14(10)20-17(23)16-9-15(21-22-16)11-5-7-12(19)8-6-11/h2-9H,1H3,(H,20,23)(H,21,22). The number of anilines is 1. The number of benzene rings is 2. The molecule has 0 bridgehead atoms. The second-order valence-electron chi connectivity index (χ2n) is 5.04. The van der Waals surface area contributed by atoms with Crippen LogP contribution in [0.3, 0.4) is 0 Å². The zero-order valence-corrected chi connectivity index (χ0v) is 13.0. The molecule has 0 radical (unpaired) electrons. The lowest BCUT2D eigenvalue weighted by atomic mass is 10.1. The molecule has 116 valence electrons. The molecule has 1 heterocycles. The van der Waals surface area contributed by atoms with Crippen molar-refractivity contribution in [3.8, 4) is 11.3 Å². The predicted octanol–water partition coefficient (Wildman–Crippen LogP) is 4.43. The van der Waals surface area contributed by atoms with Gasteiger partial charge in [0.2, 0.25) is 0 Å². The lowest BCUT2D eigenvalue weighted by Crippen LogP contribution is -2.13. The molecule has 1 aromatic heterocycles. The molecule has 0 aliphatic rings. The number of nitrogens with one attached hydrogen (secondary N) is 2. The number of carbonyl (C=O) groups excluding carboxylic acids is 1. The van der Waals surface area contributed by atoms with Crippen molar-refractivity contribution in [3.63, 3.8) is 0 Å². The van der Waals surface area contributed by atoms with Gasteiger partial charge in [0.05, 0.1) is 5.69 Å². The van der Waals surface area contributed by atoms with Gasteiger partial charge in [-0.3, -0.25) is 9.89 Å². The molecule has 0 unspecified atom stereocenters. The van der Waals surface area contributed by atoms with Gasteiger partial charge < -0.3 is 5.32 Å². The molecular weight excluding hydrogens is 317 g/mol. The van der Waals surface area contributed by atoms with Crippen molar-refractivity contribution >= 4 is 23.2 Å². The van der Waals surface area contributed by atoms with E-state index in [-0.39, 0.29) is 11.7 Å². The number of amides is 1. The number of carbonyl (C=O) groups is 1. The maximum absolute atomic E-state index is 12.9. The fraction of sp³-hybridized carbons (Fsp3) is 0.0588. The van der Waals surface area contributed by atoms with Crippen molar-refractivity contribution in [2.75, 3.05) is 5.32 Å². The number of nitrogens with zero attached hydrogens (tertiary/aromatic N) is 1. The molecule has 0 aliphatic heterocycles. The van der Waals surface area contributed by atoms with Gasteiger partial charge in [0.15, 0.2) is 0 Å². The average Bonchev–Trinajstić information content (AvgIpc) is 3.02. The van der Waals surface area contributed by atoms with Crippen molar-refractivity contribution in [3.05, 3.63) is 70.6 Å². The van der Waals surface area contributed by atoms with E-state index < -0.39 is 0 Å². The molecule has 0 aliphatic carbocycles. The maximum atomic E-state index is 12.9. The number of rotatable bonds is 3.